The van der Waals surface area contributed by atoms with E-state index in [9.17, 15) is 15.1 Å². The number of piperidine rings is 1. The number of aromatic hydroxyl groups is 1. The molecule has 0 aromatic heterocycles. The molecule has 110 valence electrons. The van der Waals surface area contributed by atoms with E-state index in [0.29, 0.717) is 18.4 Å². The summed E-state index contributed by atoms with van der Waals surface area (Å²) in [6.07, 6.45) is 1.24. The Morgan fingerprint density at radius 1 is 1.10 bits per heavy atom. The van der Waals surface area contributed by atoms with Crippen molar-refractivity contribution in [3.05, 3.63) is 29.8 Å². The summed E-state index contributed by atoms with van der Waals surface area (Å²) >= 11 is 0. The molecule has 0 saturated carbocycles. The van der Waals surface area contributed by atoms with Crippen molar-refractivity contribution in [3.63, 3.8) is 0 Å². The summed E-state index contributed by atoms with van der Waals surface area (Å²) in [5.41, 5.74) is -0.247. The van der Waals surface area contributed by atoms with E-state index in [1.54, 1.807) is 12.1 Å². The molecule has 1 aliphatic heterocycles. The zero-order chi connectivity index (χ0) is 15.1. The van der Waals surface area contributed by atoms with Gasteiger partial charge in [0.1, 0.15) is 5.75 Å². The average molecular weight is 277 g/mol. The first-order valence-corrected chi connectivity index (χ1v) is 6.96. The number of carbonyl (C=O) groups excluding carboxylic acids is 1. The van der Waals surface area contributed by atoms with E-state index in [-0.39, 0.29) is 17.5 Å². The normalized spacial score (nSPS) is 22.6. The van der Waals surface area contributed by atoms with Crippen molar-refractivity contribution < 1.29 is 15.1 Å². The molecule has 2 rings (SSSR count). The molecule has 4 heteroatoms. The monoisotopic (exact) mass is 277 g/mol. The number of Topliss-reactive ketones (excluding diaryl/α,β-unsaturated/α-hetero) is 1. The minimum atomic E-state index is -0.432. The molecule has 0 aliphatic carbocycles. The second-order valence-electron chi connectivity index (χ2n) is 6.95. The Labute approximate surface area is 120 Å². The third-order valence-electron chi connectivity index (χ3n) is 4.16. The number of phenols is 1. The lowest BCUT2D eigenvalue weighted by Gasteiger charge is -2.51. The van der Waals surface area contributed by atoms with Gasteiger partial charge in [-0.2, -0.15) is 5.06 Å². The molecule has 1 heterocycles. The van der Waals surface area contributed by atoms with Crippen LogP contribution in [0.1, 0.15) is 50.9 Å². The minimum absolute atomic E-state index is 0.0826. The summed E-state index contributed by atoms with van der Waals surface area (Å²) in [5.74, 6) is 0.125. The Kier molecular flexibility index (Phi) is 3.65. The summed E-state index contributed by atoms with van der Waals surface area (Å²) < 4.78 is 0. The summed E-state index contributed by atoms with van der Waals surface area (Å²) in [4.78, 5) is 12.6. The molecule has 1 fully saturated rings. The first-order chi connectivity index (χ1) is 9.13. The predicted octanol–water partition coefficient (Wildman–Crippen LogP) is 3.23. The van der Waals surface area contributed by atoms with E-state index in [0.717, 1.165) is 0 Å². The maximum atomic E-state index is 12.6. The Bertz CT molecular complexity index is 487. The number of benzene rings is 1. The van der Waals surface area contributed by atoms with Crippen molar-refractivity contribution in [3.8, 4) is 5.75 Å². The smallest absolute Gasteiger partial charge is 0.166 e. The predicted molar refractivity (Wildman–Crippen MR) is 76.9 cm³/mol. The molecule has 1 aromatic carbocycles. The number of ketones is 1. The maximum absolute atomic E-state index is 12.6. The molecule has 0 spiro atoms. The van der Waals surface area contributed by atoms with Crippen LogP contribution in [0.25, 0.3) is 0 Å². The number of rotatable bonds is 2. The number of nitrogens with zero attached hydrogens (tertiary/aromatic N) is 1. The number of carbonyl (C=O) groups is 1. The fraction of sp³-hybridized carbons (Fsp3) is 0.562. The van der Waals surface area contributed by atoms with Crippen molar-refractivity contribution in [1.82, 2.24) is 5.06 Å². The third-order valence-corrected chi connectivity index (χ3v) is 4.16. The number of hydroxylamine groups is 2. The first-order valence-electron chi connectivity index (χ1n) is 6.96. The Morgan fingerprint density at radius 3 is 2.00 bits per heavy atom. The molecule has 1 aliphatic rings. The summed E-state index contributed by atoms with van der Waals surface area (Å²) in [6.45, 7) is 7.80. The van der Waals surface area contributed by atoms with Gasteiger partial charge in [-0.15, -0.1) is 0 Å². The topological polar surface area (TPSA) is 60.8 Å². The summed E-state index contributed by atoms with van der Waals surface area (Å²) in [6, 6.07) is 6.38. The van der Waals surface area contributed by atoms with Gasteiger partial charge in [0.25, 0.3) is 0 Å². The van der Waals surface area contributed by atoms with Crippen molar-refractivity contribution in [1.29, 1.82) is 0 Å². The van der Waals surface area contributed by atoms with Crippen LogP contribution in [0.15, 0.2) is 24.3 Å². The Morgan fingerprint density at radius 2 is 1.55 bits per heavy atom. The highest BCUT2D eigenvalue weighted by Gasteiger charge is 2.46. The van der Waals surface area contributed by atoms with Crippen LogP contribution in [0.3, 0.4) is 0 Å². The van der Waals surface area contributed by atoms with Gasteiger partial charge in [0.05, 0.1) is 0 Å². The van der Waals surface area contributed by atoms with Crippen LogP contribution in [0.4, 0.5) is 0 Å². The van der Waals surface area contributed by atoms with E-state index in [1.807, 2.05) is 27.7 Å². The fourth-order valence-electron chi connectivity index (χ4n) is 3.32. The zero-order valence-electron chi connectivity index (χ0n) is 12.6. The van der Waals surface area contributed by atoms with E-state index in [4.69, 9.17) is 0 Å². The van der Waals surface area contributed by atoms with Gasteiger partial charge in [-0.1, -0.05) is 0 Å². The first kappa shape index (κ1) is 15.0. The molecule has 20 heavy (non-hydrogen) atoms. The highest BCUT2D eigenvalue weighted by Crippen LogP contribution is 2.41. The number of phenolic OH excluding ortho intramolecular Hbond substituents is 1. The fourth-order valence-corrected chi connectivity index (χ4v) is 3.32. The minimum Gasteiger partial charge on any atom is -0.508 e. The Hall–Kier alpha value is -1.39. The van der Waals surface area contributed by atoms with Gasteiger partial charge in [-0.05, 0) is 64.8 Å². The molecule has 0 bridgehead atoms. The van der Waals surface area contributed by atoms with Gasteiger partial charge in [0.2, 0.25) is 0 Å². The van der Waals surface area contributed by atoms with E-state index < -0.39 is 11.1 Å². The van der Waals surface area contributed by atoms with Crippen LogP contribution in [-0.2, 0) is 0 Å². The van der Waals surface area contributed by atoms with Crippen molar-refractivity contribution in [2.24, 2.45) is 5.92 Å². The van der Waals surface area contributed by atoms with Crippen LogP contribution in [0.2, 0.25) is 0 Å². The molecule has 0 atom stereocenters. The van der Waals surface area contributed by atoms with Gasteiger partial charge < -0.3 is 10.3 Å². The zero-order valence-corrected chi connectivity index (χ0v) is 12.6. The lowest BCUT2D eigenvalue weighted by Crippen LogP contribution is -2.59. The summed E-state index contributed by atoms with van der Waals surface area (Å²) in [5, 5.41) is 20.9. The van der Waals surface area contributed by atoms with Crippen molar-refractivity contribution in [2.45, 2.75) is 51.6 Å². The second-order valence-corrected chi connectivity index (χ2v) is 6.95. The molecule has 0 amide bonds. The largest absolute Gasteiger partial charge is 0.508 e. The summed E-state index contributed by atoms with van der Waals surface area (Å²) in [7, 11) is 0. The standard InChI is InChI=1S/C16H23NO3/c1-15(2)9-12(10-16(3,4)17(15)20)14(19)11-5-7-13(18)8-6-11/h5-8,12,18,20H,9-10H2,1-4H3. The van der Waals surface area contributed by atoms with E-state index >= 15 is 0 Å². The van der Waals surface area contributed by atoms with Crippen LogP contribution in [-0.4, -0.2) is 32.2 Å². The molecule has 4 nitrogen and oxygen atoms in total. The van der Waals surface area contributed by atoms with Crippen LogP contribution < -0.4 is 0 Å². The van der Waals surface area contributed by atoms with Gasteiger partial charge in [0, 0.05) is 22.6 Å². The van der Waals surface area contributed by atoms with Crippen LogP contribution >= 0.6 is 0 Å². The highest BCUT2D eigenvalue weighted by molar-refractivity contribution is 5.98. The highest BCUT2D eigenvalue weighted by atomic mass is 16.5. The molecule has 0 unspecified atom stereocenters. The van der Waals surface area contributed by atoms with Gasteiger partial charge in [0.15, 0.2) is 5.78 Å². The number of hydrogen-bond donors (Lipinski definition) is 2. The number of hydrogen-bond acceptors (Lipinski definition) is 4. The van der Waals surface area contributed by atoms with Crippen molar-refractivity contribution in [2.75, 3.05) is 0 Å². The van der Waals surface area contributed by atoms with Crippen LogP contribution in [0.5, 0.6) is 5.75 Å². The van der Waals surface area contributed by atoms with E-state index in [2.05, 4.69) is 0 Å². The SMILES string of the molecule is CC1(C)CC(C(=O)c2ccc(O)cc2)CC(C)(C)N1O. The average Bonchev–Trinajstić information content (AvgIpc) is 2.35. The third kappa shape index (κ3) is 2.72. The van der Waals surface area contributed by atoms with Crippen molar-refractivity contribution >= 4 is 5.78 Å². The van der Waals surface area contributed by atoms with Crippen LogP contribution in [0, 0.1) is 5.92 Å². The van der Waals surface area contributed by atoms with Gasteiger partial charge in [-0.3, -0.25) is 4.79 Å². The molecule has 0 radical (unpaired) electrons. The molecule has 2 N–H and O–H groups in total. The quantitative estimate of drug-likeness (QED) is 0.815. The lowest BCUT2D eigenvalue weighted by molar-refractivity contribution is -0.247. The maximum Gasteiger partial charge on any atom is 0.166 e. The molecular weight excluding hydrogens is 254 g/mol. The lowest BCUT2D eigenvalue weighted by atomic mass is 9.73. The van der Waals surface area contributed by atoms with Gasteiger partial charge >= 0.3 is 0 Å². The second kappa shape index (κ2) is 4.86. The van der Waals surface area contributed by atoms with E-state index in [1.165, 1.54) is 17.2 Å². The van der Waals surface area contributed by atoms with Gasteiger partial charge in [-0.25, -0.2) is 0 Å². The molecular formula is C16H23NO3. The Balaban J connectivity index is 2.25. The molecule has 1 aromatic rings. The molecule has 1 saturated heterocycles.